The first-order valence-electron chi connectivity index (χ1n) is 6.81. The van der Waals surface area contributed by atoms with Gasteiger partial charge in [0.15, 0.2) is 0 Å². The van der Waals surface area contributed by atoms with Gasteiger partial charge in [0.05, 0.1) is 13.0 Å². The number of hydrogen-bond acceptors (Lipinski definition) is 2. The Morgan fingerprint density at radius 3 is 2.84 bits per heavy atom. The Morgan fingerprint density at radius 1 is 1.42 bits per heavy atom. The van der Waals surface area contributed by atoms with Gasteiger partial charge in [0.1, 0.15) is 11.6 Å². The molecule has 2 rings (SSSR count). The minimum absolute atomic E-state index is 0.147. The summed E-state index contributed by atoms with van der Waals surface area (Å²) in [4.78, 5) is 13.9. The van der Waals surface area contributed by atoms with Crippen molar-refractivity contribution >= 4 is 5.91 Å². The highest BCUT2D eigenvalue weighted by Crippen LogP contribution is 2.16. The molecule has 1 saturated heterocycles. The number of piperidine rings is 1. The lowest BCUT2D eigenvalue weighted by Crippen LogP contribution is -2.39. The van der Waals surface area contributed by atoms with Crippen LogP contribution in [0.25, 0.3) is 0 Å². The highest BCUT2D eigenvalue weighted by molar-refractivity contribution is 5.76. The Labute approximate surface area is 113 Å². The third kappa shape index (κ3) is 4.23. The van der Waals surface area contributed by atoms with Crippen molar-refractivity contribution in [1.82, 2.24) is 4.90 Å². The molecule has 0 radical (unpaired) electrons. The van der Waals surface area contributed by atoms with E-state index in [9.17, 15) is 9.18 Å². The maximum Gasteiger partial charge on any atom is 0.226 e. The molecular weight excluding hydrogens is 245 g/mol. The molecule has 1 aromatic carbocycles. The van der Waals surface area contributed by atoms with E-state index in [-0.39, 0.29) is 11.7 Å². The molecule has 19 heavy (non-hydrogen) atoms. The number of rotatable bonds is 4. The highest BCUT2D eigenvalue weighted by Gasteiger charge is 2.20. The molecule has 0 saturated carbocycles. The van der Waals surface area contributed by atoms with Crippen LogP contribution in [0.1, 0.15) is 26.2 Å². The van der Waals surface area contributed by atoms with Crippen LogP contribution in [0.2, 0.25) is 0 Å². The van der Waals surface area contributed by atoms with E-state index in [2.05, 4.69) is 6.92 Å². The van der Waals surface area contributed by atoms with Crippen LogP contribution in [0, 0.1) is 11.7 Å². The van der Waals surface area contributed by atoms with E-state index in [4.69, 9.17) is 4.74 Å². The van der Waals surface area contributed by atoms with Crippen molar-refractivity contribution in [2.24, 2.45) is 5.92 Å². The fourth-order valence-electron chi connectivity index (χ4n) is 2.36. The molecule has 1 atom stereocenters. The summed E-state index contributed by atoms with van der Waals surface area (Å²) in [6.07, 6.45) is 2.67. The number of hydrogen-bond donors (Lipinski definition) is 0. The third-order valence-electron chi connectivity index (χ3n) is 3.41. The summed E-state index contributed by atoms with van der Waals surface area (Å²) in [6, 6.07) is 5.85. The average molecular weight is 265 g/mol. The molecule has 1 aliphatic rings. The summed E-state index contributed by atoms with van der Waals surface area (Å²) in [5.74, 6) is 1.05. The van der Waals surface area contributed by atoms with Crippen LogP contribution in [0.3, 0.4) is 0 Å². The van der Waals surface area contributed by atoms with Crippen LogP contribution >= 0.6 is 0 Å². The second-order valence-corrected chi connectivity index (χ2v) is 5.14. The molecule has 0 aromatic heterocycles. The van der Waals surface area contributed by atoms with Crippen molar-refractivity contribution in [3.63, 3.8) is 0 Å². The van der Waals surface area contributed by atoms with Gasteiger partial charge in [-0.05, 0) is 43.0 Å². The quantitative estimate of drug-likeness (QED) is 0.837. The monoisotopic (exact) mass is 265 g/mol. The van der Waals surface area contributed by atoms with Crippen LogP contribution < -0.4 is 4.74 Å². The van der Waals surface area contributed by atoms with Crippen molar-refractivity contribution in [3.05, 3.63) is 30.1 Å². The lowest BCUT2D eigenvalue weighted by Gasteiger charge is -2.31. The van der Waals surface area contributed by atoms with Crippen molar-refractivity contribution in [3.8, 4) is 5.75 Å². The minimum Gasteiger partial charge on any atom is -0.493 e. The summed E-state index contributed by atoms with van der Waals surface area (Å²) in [6.45, 7) is 4.24. The molecule has 1 fully saturated rings. The predicted octanol–water partition coefficient (Wildman–Crippen LogP) is 2.85. The molecule has 1 amide bonds. The Morgan fingerprint density at radius 2 is 2.16 bits per heavy atom. The molecule has 1 unspecified atom stereocenters. The molecule has 104 valence electrons. The smallest absolute Gasteiger partial charge is 0.226 e. The van der Waals surface area contributed by atoms with E-state index in [1.54, 1.807) is 12.1 Å². The van der Waals surface area contributed by atoms with Crippen molar-refractivity contribution < 1.29 is 13.9 Å². The molecule has 0 N–H and O–H groups in total. The molecule has 1 aliphatic heterocycles. The van der Waals surface area contributed by atoms with Crippen LogP contribution in [0.4, 0.5) is 4.39 Å². The predicted molar refractivity (Wildman–Crippen MR) is 71.5 cm³/mol. The maximum absolute atomic E-state index is 12.7. The Kier molecular flexibility index (Phi) is 4.77. The number of amides is 1. The average Bonchev–Trinajstić information content (AvgIpc) is 2.41. The zero-order valence-corrected chi connectivity index (χ0v) is 11.3. The van der Waals surface area contributed by atoms with Crippen LogP contribution in [0.5, 0.6) is 5.75 Å². The van der Waals surface area contributed by atoms with Gasteiger partial charge in [-0.25, -0.2) is 4.39 Å². The number of carbonyl (C=O) groups is 1. The fraction of sp³-hybridized carbons (Fsp3) is 0.533. The van der Waals surface area contributed by atoms with Gasteiger partial charge in [-0.2, -0.15) is 0 Å². The van der Waals surface area contributed by atoms with Gasteiger partial charge in [0, 0.05) is 13.1 Å². The van der Waals surface area contributed by atoms with E-state index < -0.39 is 0 Å². The molecule has 1 heterocycles. The Hall–Kier alpha value is -1.58. The lowest BCUT2D eigenvalue weighted by atomic mass is 10.0. The summed E-state index contributed by atoms with van der Waals surface area (Å²) in [5, 5.41) is 0. The van der Waals surface area contributed by atoms with Gasteiger partial charge in [-0.1, -0.05) is 6.92 Å². The molecular formula is C15H20FNO2. The standard InChI is InChI=1S/C15H20FNO2/c1-12-3-2-9-17(11-12)15(18)8-10-19-14-6-4-13(16)5-7-14/h4-7,12H,2-3,8-11H2,1H3. The van der Waals surface area contributed by atoms with Crippen molar-refractivity contribution in [2.75, 3.05) is 19.7 Å². The van der Waals surface area contributed by atoms with E-state index >= 15 is 0 Å². The van der Waals surface area contributed by atoms with Crippen LogP contribution in [-0.2, 0) is 4.79 Å². The van der Waals surface area contributed by atoms with Crippen molar-refractivity contribution in [2.45, 2.75) is 26.2 Å². The number of carbonyl (C=O) groups excluding carboxylic acids is 1. The van der Waals surface area contributed by atoms with Crippen molar-refractivity contribution in [1.29, 1.82) is 0 Å². The molecule has 0 bridgehead atoms. The molecule has 0 spiro atoms. The number of benzene rings is 1. The third-order valence-corrected chi connectivity index (χ3v) is 3.41. The van der Waals surface area contributed by atoms with E-state index in [1.807, 2.05) is 4.90 Å². The van der Waals surface area contributed by atoms with Gasteiger partial charge in [-0.3, -0.25) is 4.79 Å². The molecule has 3 nitrogen and oxygen atoms in total. The molecule has 0 aliphatic carbocycles. The summed E-state index contributed by atoms with van der Waals surface area (Å²) >= 11 is 0. The fourth-order valence-corrected chi connectivity index (χ4v) is 2.36. The first kappa shape index (κ1) is 13.8. The molecule has 1 aromatic rings. The van der Waals surface area contributed by atoms with Crippen LogP contribution in [0.15, 0.2) is 24.3 Å². The Bertz CT molecular complexity index is 419. The SMILES string of the molecule is CC1CCCN(C(=O)CCOc2ccc(F)cc2)C1. The van der Waals surface area contributed by atoms with E-state index in [1.165, 1.54) is 18.6 Å². The van der Waals surface area contributed by atoms with Gasteiger partial charge in [0.25, 0.3) is 0 Å². The van der Waals surface area contributed by atoms with Gasteiger partial charge < -0.3 is 9.64 Å². The topological polar surface area (TPSA) is 29.5 Å². The number of ether oxygens (including phenoxy) is 1. The van der Waals surface area contributed by atoms with Crippen LogP contribution in [-0.4, -0.2) is 30.5 Å². The summed E-state index contributed by atoms with van der Waals surface area (Å²) in [7, 11) is 0. The first-order chi connectivity index (χ1) is 9.15. The number of nitrogens with zero attached hydrogens (tertiary/aromatic N) is 1. The highest BCUT2D eigenvalue weighted by atomic mass is 19.1. The van der Waals surface area contributed by atoms with Gasteiger partial charge in [-0.15, -0.1) is 0 Å². The van der Waals surface area contributed by atoms with Gasteiger partial charge >= 0.3 is 0 Å². The summed E-state index contributed by atoms with van der Waals surface area (Å²) in [5.41, 5.74) is 0. The second kappa shape index (κ2) is 6.55. The zero-order valence-electron chi connectivity index (χ0n) is 11.3. The van der Waals surface area contributed by atoms with E-state index in [0.717, 1.165) is 19.5 Å². The lowest BCUT2D eigenvalue weighted by molar-refractivity contribution is -0.133. The normalized spacial score (nSPS) is 19.3. The first-order valence-corrected chi connectivity index (χ1v) is 6.81. The number of halogens is 1. The van der Waals surface area contributed by atoms with Gasteiger partial charge in [0.2, 0.25) is 5.91 Å². The molecule has 4 heteroatoms. The Balaban J connectivity index is 1.73. The van der Waals surface area contributed by atoms with E-state index in [0.29, 0.717) is 24.7 Å². The number of likely N-dealkylation sites (tertiary alicyclic amines) is 1. The zero-order chi connectivity index (χ0) is 13.7. The second-order valence-electron chi connectivity index (χ2n) is 5.14. The summed E-state index contributed by atoms with van der Waals surface area (Å²) < 4.78 is 18.1. The minimum atomic E-state index is -0.286. The largest absolute Gasteiger partial charge is 0.493 e. The maximum atomic E-state index is 12.7.